The maximum Gasteiger partial charge on any atom is 0.159 e. The molecule has 0 N–H and O–H groups in total. The van der Waals surface area contributed by atoms with Crippen LogP contribution in [0.5, 0.6) is 5.75 Å². The predicted molar refractivity (Wildman–Crippen MR) is 142 cm³/mol. The van der Waals surface area contributed by atoms with Crippen LogP contribution in [-0.2, 0) is 6.42 Å². The van der Waals surface area contributed by atoms with Gasteiger partial charge in [0, 0.05) is 18.0 Å². The monoisotopic (exact) mass is 450 g/mol. The van der Waals surface area contributed by atoms with Gasteiger partial charge in [-0.1, -0.05) is 90.9 Å². The molecule has 0 aliphatic rings. The number of hydrogen-bond donors (Lipinski definition) is 0. The molecule has 1 aromatic heterocycles. The summed E-state index contributed by atoms with van der Waals surface area (Å²) in [4.78, 5) is 9.16. The average Bonchev–Trinajstić information content (AvgIpc) is 2.85. The van der Waals surface area contributed by atoms with Crippen LogP contribution in [0.15, 0.2) is 49.0 Å². The summed E-state index contributed by atoms with van der Waals surface area (Å²) in [5, 5.41) is 0. The van der Waals surface area contributed by atoms with Gasteiger partial charge in [-0.05, 0) is 61.6 Å². The molecular weight excluding hydrogens is 404 g/mol. The Hall–Kier alpha value is -2.16. The lowest BCUT2D eigenvalue weighted by molar-refractivity contribution is 0.477. The zero-order valence-corrected chi connectivity index (χ0v) is 21.2. The molecule has 0 spiro atoms. The first-order valence-corrected chi connectivity index (χ1v) is 13.6. The highest BCUT2D eigenvalue weighted by Crippen LogP contribution is 2.20. The van der Waals surface area contributed by atoms with Gasteiger partial charge in [0.05, 0.1) is 6.26 Å². The third kappa shape index (κ3) is 12.6. The van der Waals surface area contributed by atoms with Gasteiger partial charge in [-0.15, -0.1) is 0 Å². The summed E-state index contributed by atoms with van der Waals surface area (Å²) in [6.07, 6.45) is 28.8. The van der Waals surface area contributed by atoms with E-state index in [-0.39, 0.29) is 0 Å². The van der Waals surface area contributed by atoms with Gasteiger partial charge in [0.15, 0.2) is 5.82 Å². The molecule has 3 heteroatoms. The van der Waals surface area contributed by atoms with E-state index in [4.69, 9.17) is 4.74 Å². The quantitative estimate of drug-likeness (QED) is 0.158. The summed E-state index contributed by atoms with van der Waals surface area (Å²) >= 11 is 0. The summed E-state index contributed by atoms with van der Waals surface area (Å²) in [5.41, 5.74) is 2.26. The molecule has 182 valence electrons. The fourth-order valence-electron chi connectivity index (χ4n) is 4.02. The molecule has 33 heavy (non-hydrogen) atoms. The maximum atomic E-state index is 5.74. The van der Waals surface area contributed by atoms with Crippen LogP contribution in [0.2, 0.25) is 0 Å². The molecule has 0 amide bonds. The number of aromatic nitrogens is 2. The minimum absolute atomic E-state index is 0.777. The van der Waals surface area contributed by atoms with Crippen LogP contribution in [-0.4, -0.2) is 9.97 Å². The summed E-state index contributed by atoms with van der Waals surface area (Å²) < 4.78 is 5.74. The van der Waals surface area contributed by atoms with Crippen LogP contribution in [0.4, 0.5) is 0 Å². The highest BCUT2D eigenvalue weighted by atomic mass is 16.5. The lowest BCUT2D eigenvalue weighted by Gasteiger charge is -2.05. The molecule has 2 rings (SSSR count). The van der Waals surface area contributed by atoms with Crippen LogP contribution in [0.25, 0.3) is 11.4 Å². The van der Waals surface area contributed by atoms with Crippen molar-refractivity contribution in [2.75, 3.05) is 0 Å². The molecule has 3 nitrogen and oxygen atoms in total. The van der Waals surface area contributed by atoms with Crippen molar-refractivity contribution >= 4 is 0 Å². The predicted octanol–water partition coefficient (Wildman–Crippen LogP) is 9.47. The average molecular weight is 451 g/mol. The van der Waals surface area contributed by atoms with E-state index in [2.05, 4.69) is 29.9 Å². The van der Waals surface area contributed by atoms with Crippen molar-refractivity contribution in [3.05, 3.63) is 54.6 Å². The summed E-state index contributed by atoms with van der Waals surface area (Å²) in [6.45, 7) is 4.53. The topological polar surface area (TPSA) is 35.0 Å². The molecular formula is C30H46N2O. The van der Waals surface area contributed by atoms with Crippen LogP contribution >= 0.6 is 0 Å². The zero-order valence-electron chi connectivity index (χ0n) is 21.2. The van der Waals surface area contributed by atoms with E-state index in [9.17, 15) is 0 Å². The highest BCUT2D eigenvalue weighted by molar-refractivity contribution is 5.55. The number of benzene rings is 1. The smallest absolute Gasteiger partial charge is 0.159 e. The van der Waals surface area contributed by atoms with Crippen LogP contribution in [0, 0.1) is 0 Å². The number of rotatable bonds is 19. The second kappa shape index (κ2) is 18.3. The first-order valence-electron chi connectivity index (χ1n) is 13.6. The number of ether oxygens (including phenoxy) is 1. The van der Waals surface area contributed by atoms with Gasteiger partial charge in [0.2, 0.25) is 0 Å². The van der Waals surface area contributed by atoms with E-state index in [1.807, 2.05) is 42.9 Å². The van der Waals surface area contributed by atoms with Crippen molar-refractivity contribution in [1.29, 1.82) is 0 Å². The molecule has 0 saturated heterocycles. The van der Waals surface area contributed by atoms with E-state index < -0.39 is 0 Å². The first-order chi connectivity index (χ1) is 16.3. The zero-order chi connectivity index (χ0) is 23.4. The SMILES string of the molecule is CCCCCCCCC/C=C/Oc1ccc(-c2ncc(CCCCCCCCC)cn2)cc1. The standard InChI is InChI=1S/C30H46N2O/c1-3-5-7-9-11-12-14-16-18-24-33-29-22-20-28(21-23-29)30-31-25-27(26-32-30)19-17-15-13-10-8-6-4-2/h18,20-26H,3-17,19H2,1-2H3/b24-18+. The fourth-order valence-corrected chi connectivity index (χ4v) is 4.02. The molecule has 0 fully saturated rings. The van der Waals surface area contributed by atoms with E-state index in [0.29, 0.717) is 0 Å². The van der Waals surface area contributed by atoms with Gasteiger partial charge in [-0.25, -0.2) is 9.97 Å². The molecule has 2 aromatic rings. The molecule has 0 unspecified atom stereocenters. The lowest BCUT2D eigenvalue weighted by atomic mass is 10.1. The Morgan fingerprint density at radius 3 is 1.82 bits per heavy atom. The Morgan fingerprint density at radius 2 is 1.21 bits per heavy atom. The number of aryl methyl sites for hydroxylation is 1. The Morgan fingerprint density at radius 1 is 0.667 bits per heavy atom. The van der Waals surface area contributed by atoms with Crippen LogP contribution in [0.1, 0.15) is 116 Å². The molecule has 0 bridgehead atoms. The fraction of sp³-hybridized carbons (Fsp3) is 0.600. The molecule has 1 heterocycles. The Bertz CT molecular complexity index is 737. The summed E-state index contributed by atoms with van der Waals surface area (Å²) in [7, 11) is 0. The maximum absolute atomic E-state index is 5.74. The molecule has 0 aliphatic heterocycles. The van der Waals surface area contributed by atoms with Gasteiger partial charge in [0.25, 0.3) is 0 Å². The third-order valence-corrected chi connectivity index (χ3v) is 6.16. The summed E-state index contributed by atoms with van der Waals surface area (Å²) in [6, 6.07) is 8.04. The van der Waals surface area contributed by atoms with Crippen LogP contribution < -0.4 is 4.74 Å². The van der Waals surface area contributed by atoms with Crippen molar-refractivity contribution in [2.24, 2.45) is 0 Å². The van der Waals surface area contributed by atoms with Gasteiger partial charge in [-0.2, -0.15) is 0 Å². The minimum Gasteiger partial charge on any atom is -0.465 e. The number of unbranched alkanes of at least 4 members (excludes halogenated alkanes) is 13. The second-order valence-electron chi connectivity index (χ2n) is 9.21. The van der Waals surface area contributed by atoms with E-state index >= 15 is 0 Å². The van der Waals surface area contributed by atoms with E-state index in [1.165, 1.54) is 95.5 Å². The number of allylic oxidation sites excluding steroid dienone is 1. The van der Waals surface area contributed by atoms with Crippen LogP contribution in [0.3, 0.4) is 0 Å². The van der Waals surface area contributed by atoms with E-state index in [1.54, 1.807) is 0 Å². The van der Waals surface area contributed by atoms with E-state index in [0.717, 1.165) is 30.0 Å². The Balaban J connectivity index is 1.62. The number of hydrogen-bond acceptors (Lipinski definition) is 3. The number of nitrogens with zero attached hydrogens (tertiary/aromatic N) is 2. The second-order valence-corrected chi connectivity index (χ2v) is 9.21. The Labute approximate surface area is 203 Å². The van der Waals surface area contributed by atoms with Crippen molar-refractivity contribution in [1.82, 2.24) is 9.97 Å². The van der Waals surface area contributed by atoms with Crippen molar-refractivity contribution in [2.45, 2.75) is 117 Å². The lowest BCUT2D eigenvalue weighted by Crippen LogP contribution is -1.93. The normalized spacial score (nSPS) is 11.3. The van der Waals surface area contributed by atoms with Gasteiger partial charge < -0.3 is 4.74 Å². The van der Waals surface area contributed by atoms with Gasteiger partial charge >= 0.3 is 0 Å². The largest absolute Gasteiger partial charge is 0.465 e. The Kier molecular flexibility index (Phi) is 15.0. The molecule has 0 radical (unpaired) electrons. The minimum atomic E-state index is 0.777. The van der Waals surface area contributed by atoms with Crippen molar-refractivity contribution in [3.8, 4) is 17.1 Å². The molecule has 0 aliphatic carbocycles. The van der Waals surface area contributed by atoms with Crippen molar-refractivity contribution in [3.63, 3.8) is 0 Å². The third-order valence-electron chi connectivity index (χ3n) is 6.16. The molecule has 1 aromatic carbocycles. The first kappa shape index (κ1) is 27.1. The molecule has 0 atom stereocenters. The van der Waals surface area contributed by atoms with Gasteiger partial charge in [0.1, 0.15) is 5.75 Å². The summed E-state index contributed by atoms with van der Waals surface area (Å²) in [5.74, 6) is 1.63. The van der Waals surface area contributed by atoms with Crippen molar-refractivity contribution < 1.29 is 4.74 Å². The van der Waals surface area contributed by atoms with Gasteiger partial charge in [-0.3, -0.25) is 0 Å². The highest BCUT2D eigenvalue weighted by Gasteiger charge is 2.03. The molecule has 0 saturated carbocycles.